The molecule has 1 aromatic carbocycles. The van der Waals surface area contributed by atoms with E-state index in [0.717, 1.165) is 34.4 Å². The van der Waals surface area contributed by atoms with Crippen molar-refractivity contribution in [2.45, 2.75) is 39.2 Å². The van der Waals surface area contributed by atoms with E-state index in [1.165, 1.54) is 6.42 Å². The van der Waals surface area contributed by atoms with Gasteiger partial charge in [0.2, 0.25) is 5.91 Å². The van der Waals surface area contributed by atoms with Gasteiger partial charge in [0.15, 0.2) is 0 Å². The molecule has 19 heavy (non-hydrogen) atoms. The Morgan fingerprint density at radius 2 is 2.21 bits per heavy atom. The van der Waals surface area contributed by atoms with Gasteiger partial charge in [-0.15, -0.1) is 0 Å². The van der Waals surface area contributed by atoms with Gasteiger partial charge < -0.3 is 4.90 Å². The topological polar surface area (TPSA) is 20.3 Å². The zero-order valence-electron chi connectivity index (χ0n) is 11.2. The number of amides is 1. The number of hydrogen-bond acceptors (Lipinski definition) is 1. The molecule has 1 amide bonds. The quantitative estimate of drug-likeness (QED) is 0.782. The van der Waals surface area contributed by atoms with Crippen LogP contribution in [0, 0.1) is 5.92 Å². The second kappa shape index (κ2) is 6.76. The van der Waals surface area contributed by atoms with Crippen LogP contribution >= 0.6 is 27.5 Å². The van der Waals surface area contributed by atoms with Crippen LogP contribution in [0.4, 0.5) is 0 Å². The van der Waals surface area contributed by atoms with Crippen molar-refractivity contribution in [3.8, 4) is 0 Å². The monoisotopic (exact) mass is 343 g/mol. The largest absolute Gasteiger partial charge is 0.338 e. The van der Waals surface area contributed by atoms with E-state index in [-0.39, 0.29) is 5.91 Å². The van der Waals surface area contributed by atoms with Gasteiger partial charge in [0.1, 0.15) is 0 Å². The fourth-order valence-corrected chi connectivity index (χ4v) is 3.26. The highest BCUT2D eigenvalue weighted by Gasteiger charge is 2.22. The van der Waals surface area contributed by atoms with Crippen LogP contribution in [-0.2, 0) is 11.3 Å². The molecule has 4 heteroatoms. The number of likely N-dealkylation sites (tertiary alicyclic amines) is 1. The average molecular weight is 345 g/mol. The minimum Gasteiger partial charge on any atom is -0.338 e. The number of carbonyl (C=O) groups excluding carboxylic acids is 1. The number of halogens is 2. The molecule has 1 unspecified atom stereocenters. The van der Waals surface area contributed by atoms with E-state index >= 15 is 0 Å². The van der Waals surface area contributed by atoms with Crippen molar-refractivity contribution < 1.29 is 4.79 Å². The summed E-state index contributed by atoms with van der Waals surface area (Å²) in [6.45, 7) is 3.68. The van der Waals surface area contributed by atoms with E-state index in [1.807, 2.05) is 23.1 Å². The van der Waals surface area contributed by atoms with Gasteiger partial charge in [-0.25, -0.2) is 0 Å². The summed E-state index contributed by atoms with van der Waals surface area (Å²) in [6, 6.07) is 5.84. The van der Waals surface area contributed by atoms with Crippen LogP contribution in [0.15, 0.2) is 22.7 Å². The van der Waals surface area contributed by atoms with E-state index < -0.39 is 0 Å². The molecule has 0 bridgehead atoms. The van der Waals surface area contributed by atoms with Crippen molar-refractivity contribution >= 4 is 33.4 Å². The SMILES string of the molecule is CCC1CCC(=O)N(Cc2ccc(Br)cc2Cl)CC1. The Balaban J connectivity index is 2.07. The van der Waals surface area contributed by atoms with Gasteiger partial charge in [0.25, 0.3) is 0 Å². The highest BCUT2D eigenvalue weighted by molar-refractivity contribution is 9.10. The van der Waals surface area contributed by atoms with Gasteiger partial charge in [0, 0.05) is 29.0 Å². The molecular formula is C15H19BrClNO. The smallest absolute Gasteiger partial charge is 0.222 e. The summed E-state index contributed by atoms with van der Waals surface area (Å²) in [5.74, 6) is 0.948. The third-order valence-electron chi connectivity index (χ3n) is 3.88. The molecule has 2 rings (SSSR count). The maximum absolute atomic E-state index is 12.1. The van der Waals surface area contributed by atoms with Crippen LogP contribution in [0.5, 0.6) is 0 Å². The molecule has 1 aliphatic rings. The van der Waals surface area contributed by atoms with Crippen molar-refractivity contribution in [1.82, 2.24) is 4.90 Å². The lowest BCUT2D eigenvalue weighted by Crippen LogP contribution is -2.29. The van der Waals surface area contributed by atoms with Gasteiger partial charge in [0.05, 0.1) is 0 Å². The van der Waals surface area contributed by atoms with E-state index in [0.29, 0.717) is 18.9 Å². The van der Waals surface area contributed by atoms with Crippen LogP contribution in [0.1, 0.15) is 38.2 Å². The number of rotatable bonds is 3. The Labute approximate surface area is 128 Å². The minimum absolute atomic E-state index is 0.259. The van der Waals surface area contributed by atoms with E-state index in [4.69, 9.17) is 11.6 Å². The maximum Gasteiger partial charge on any atom is 0.222 e. The van der Waals surface area contributed by atoms with E-state index in [2.05, 4.69) is 22.9 Å². The van der Waals surface area contributed by atoms with Crippen LogP contribution in [0.25, 0.3) is 0 Å². The number of nitrogens with zero attached hydrogens (tertiary/aromatic N) is 1. The second-order valence-corrected chi connectivity index (χ2v) is 6.48. The Kier molecular flexibility index (Phi) is 5.28. The predicted molar refractivity (Wildman–Crippen MR) is 82.2 cm³/mol. The lowest BCUT2D eigenvalue weighted by molar-refractivity contribution is -0.131. The third kappa shape index (κ3) is 3.96. The first kappa shape index (κ1) is 14.9. The van der Waals surface area contributed by atoms with Crippen molar-refractivity contribution in [1.29, 1.82) is 0 Å². The second-order valence-electron chi connectivity index (χ2n) is 5.15. The summed E-state index contributed by atoms with van der Waals surface area (Å²) in [6.07, 6.45) is 3.98. The van der Waals surface area contributed by atoms with Crippen molar-refractivity contribution in [3.63, 3.8) is 0 Å². The highest BCUT2D eigenvalue weighted by atomic mass is 79.9. The van der Waals surface area contributed by atoms with Gasteiger partial charge in [-0.3, -0.25) is 4.79 Å². The molecule has 0 spiro atoms. The first-order valence-corrected chi connectivity index (χ1v) is 7.99. The molecular weight excluding hydrogens is 326 g/mol. The van der Waals surface area contributed by atoms with Crippen LogP contribution in [0.3, 0.4) is 0 Å². The van der Waals surface area contributed by atoms with Gasteiger partial charge >= 0.3 is 0 Å². The predicted octanol–water partition coefficient (Wildman–Crippen LogP) is 4.64. The Hall–Kier alpha value is -0.540. The first-order chi connectivity index (χ1) is 9.10. The number of hydrogen-bond donors (Lipinski definition) is 0. The number of carbonyl (C=O) groups is 1. The molecule has 104 valence electrons. The zero-order valence-corrected chi connectivity index (χ0v) is 13.5. The molecule has 0 radical (unpaired) electrons. The molecule has 1 atom stereocenters. The molecule has 1 aromatic rings. The highest BCUT2D eigenvalue weighted by Crippen LogP contribution is 2.26. The maximum atomic E-state index is 12.1. The molecule has 1 heterocycles. The Bertz CT molecular complexity index is 463. The number of benzene rings is 1. The lowest BCUT2D eigenvalue weighted by Gasteiger charge is -2.21. The van der Waals surface area contributed by atoms with Gasteiger partial charge in [-0.1, -0.05) is 46.9 Å². The van der Waals surface area contributed by atoms with E-state index in [1.54, 1.807) is 0 Å². The Morgan fingerprint density at radius 1 is 1.42 bits per heavy atom. The standard InChI is InChI=1S/C15H19BrClNO/c1-2-11-3-6-15(19)18(8-7-11)10-12-4-5-13(16)9-14(12)17/h4-5,9,11H,2-3,6-8,10H2,1H3. The molecule has 1 aliphatic heterocycles. The fraction of sp³-hybridized carbons (Fsp3) is 0.533. The molecule has 2 nitrogen and oxygen atoms in total. The zero-order chi connectivity index (χ0) is 13.8. The average Bonchev–Trinajstić information content (AvgIpc) is 2.56. The molecule has 0 saturated carbocycles. The van der Waals surface area contributed by atoms with Crippen molar-refractivity contribution in [2.24, 2.45) is 5.92 Å². The van der Waals surface area contributed by atoms with Crippen molar-refractivity contribution in [2.75, 3.05) is 6.54 Å². The lowest BCUT2D eigenvalue weighted by atomic mass is 9.98. The van der Waals surface area contributed by atoms with Crippen LogP contribution in [-0.4, -0.2) is 17.4 Å². The third-order valence-corrected chi connectivity index (χ3v) is 4.73. The summed E-state index contributed by atoms with van der Waals surface area (Å²) in [5.41, 5.74) is 1.02. The summed E-state index contributed by atoms with van der Waals surface area (Å²) in [4.78, 5) is 14.1. The molecule has 0 N–H and O–H groups in total. The summed E-state index contributed by atoms with van der Waals surface area (Å²) < 4.78 is 0.967. The fourth-order valence-electron chi connectivity index (χ4n) is 2.52. The molecule has 1 saturated heterocycles. The summed E-state index contributed by atoms with van der Waals surface area (Å²) >= 11 is 9.62. The van der Waals surface area contributed by atoms with Crippen LogP contribution in [0.2, 0.25) is 5.02 Å². The van der Waals surface area contributed by atoms with Crippen LogP contribution < -0.4 is 0 Å². The Morgan fingerprint density at radius 3 is 2.89 bits per heavy atom. The normalized spacial score (nSPS) is 20.5. The van der Waals surface area contributed by atoms with Crippen molar-refractivity contribution in [3.05, 3.63) is 33.3 Å². The minimum atomic E-state index is 0.259. The van der Waals surface area contributed by atoms with Gasteiger partial charge in [-0.05, 0) is 36.5 Å². The summed E-state index contributed by atoms with van der Waals surface area (Å²) in [5, 5.41) is 0.721. The molecule has 1 fully saturated rings. The summed E-state index contributed by atoms with van der Waals surface area (Å²) in [7, 11) is 0. The molecule has 0 aliphatic carbocycles. The van der Waals surface area contributed by atoms with E-state index in [9.17, 15) is 4.79 Å². The molecule has 0 aromatic heterocycles. The first-order valence-electron chi connectivity index (χ1n) is 6.82. The van der Waals surface area contributed by atoms with Gasteiger partial charge in [-0.2, -0.15) is 0 Å².